The molecule has 0 saturated heterocycles. The summed E-state index contributed by atoms with van der Waals surface area (Å²) in [5, 5.41) is 10.2. The smallest absolute Gasteiger partial charge is 0.258 e. The van der Waals surface area contributed by atoms with Crippen LogP contribution in [0.5, 0.6) is 11.5 Å². The lowest BCUT2D eigenvalue weighted by atomic mass is 9.94. The van der Waals surface area contributed by atoms with Crippen molar-refractivity contribution >= 4 is 34.2 Å². The number of allylic oxidation sites excluding steroid dienone is 1. The largest absolute Gasteiger partial charge is 0.493 e. The lowest BCUT2D eigenvalue weighted by Gasteiger charge is -2.37. The van der Waals surface area contributed by atoms with Gasteiger partial charge in [-0.1, -0.05) is 17.3 Å². The van der Waals surface area contributed by atoms with Crippen molar-refractivity contribution in [2.24, 2.45) is 0 Å². The van der Waals surface area contributed by atoms with E-state index in [0.717, 1.165) is 27.5 Å². The second-order valence-electron chi connectivity index (χ2n) is 7.56. The van der Waals surface area contributed by atoms with E-state index in [4.69, 9.17) is 35.6 Å². The Hall–Kier alpha value is -3.63. The van der Waals surface area contributed by atoms with E-state index >= 15 is 0 Å². The van der Waals surface area contributed by atoms with Gasteiger partial charge in [-0.25, -0.2) is 0 Å². The first-order valence-electron chi connectivity index (χ1n) is 10.5. The van der Waals surface area contributed by atoms with Gasteiger partial charge in [-0.15, -0.1) is 11.3 Å². The molecule has 1 aliphatic rings. The topological polar surface area (TPSA) is 85.8 Å². The van der Waals surface area contributed by atoms with E-state index in [2.05, 4.69) is 10.5 Å². The first-order chi connectivity index (χ1) is 16.6. The first kappa shape index (κ1) is 22.2. The van der Waals surface area contributed by atoms with Gasteiger partial charge in [0.15, 0.2) is 16.6 Å². The third-order valence-electron chi connectivity index (χ3n) is 5.63. The molecule has 0 aliphatic carbocycles. The van der Waals surface area contributed by atoms with Crippen molar-refractivity contribution in [2.75, 3.05) is 14.2 Å². The summed E-state index contributed by atoms with van der Waals surface area (Å²) >= 11 is 7.31. The SMILES string of the molecule is COc1ccc(C2NC(=S)N(Cc3ccco3)C(C)=C2c2nc(-c3cccs3)no2)cc1OC. The Bertz CT molecular complexity index is 1330. The number of methoxy groups -OCH3 is 2. The molecule has 1 unspecified atom stereocenters. The van der Waals surface area contributed by atoms with Gasteiger partial charge in [0.05, 0.1) is 43.5 Å². The lowest BCUT2D eigenvalue weighted by Crippen LogP contribution is -2.45. The molecular formula is C24H22N4O4S2. The van der Waals surface area contributed by atoms with Crippen molar-refractivity contribution < 1.29 is 18.4 Å². The predicted molar refractivity (Wildman–Crippen MR) is 132 cm³/mol. The molecule has 34 heavy (non-hydrogen) atoms. The van der Waals surface area contributed by atoms with Crippen molar-refractivity contribution in [3.05, 3.63) is 77.0 Å². The van der Waals surface area contributed by atoms with E-state index in [9.17, 15) is 0 Å². The highest BCUT2D eigenvalue weighted by Gasteiger charge is 2.35. The Labute approximate surface area is 205 Å². The predicted octanol–water partition coefficient (Wildman–Crippen LogP) is 5.27. The highest BCUT2D eigenvalue weighted by Crippen LogP contribution is 2.40. The average molecular weight is 495 g/mol. The second kappa shape index (κ2) is 9.32. The Morgan fingerprint density at radius 1 is 1.15 bits per heavy atom. The van der Waals surface area contributed by atoms with E-state index in [1.807, 2.05) is 59.7 Å². The molecule has 1 aromatic carbocycles. The maximum atomic E-state index is 5.77. The molecule has 0 amide bonds. The van der Waals surface area contributed by atoms with Crippen LogP contribution in [0, 0.1) is 0 Å². The third-order valence-corrected chi connectivity index (χ3v) is 6.83. The Morgan fingerprint density at radius 3 is 2.71 bits per heavy atom. The van der Waals surface area contributed by atoms with Crippen LogP contribution in [0.15, 0.2) is 68.7 Å². The van der Waals surface area contributed by atoms with E-state index in [0.29, 0.717) is 34.9 Å². The summed E-state index contributed by atoms with van der Waals surface area (Å²) in [5.74, 6) is 3.01. The van der Waals surface area contributed by atoms with Crippen molar-refractivity contribution in [1.82, 2.24) is 20.4 Å². The third kappa shape index (κ3) is 4.06. The zero-order valence-corrected chi connectivity index (χ0v) is 20.4. The van der Waals surface area contributed by atoms with Crippen molar-refractivity contribution in [2.45, 2.75) is 19.5 Å². The van der Waals surface area contributed by atoms with Gasteiger partial charge >= 0.3 is 0 Å². The number of hydrogen-bond donors (Lipinski definition) is 1. The zero-order chi connectivity index (χ0) is 23.7. The minimum absolute atomic E-state index is 0.336. The quantitative estimate of drug-likeness (QED) is 0.345. The first-order valence-corrected chi connectivity index (χ1v) is 11.8. The molecule has 4 heterocycles. The lowest BCUT2D eigenvalue weighted by molar-refractivity contribution is 0.354. The van der Waals surface area contributed by atoms with Crippen LogP contribution < -0.4 is 14.8 Å². The van der Waals surface area contributed by atoms with E-state index in [1.54, 1.807) is 31.8 Å². The summed E-state index contributed by atoms with van der Waals surface area (Å²) in [7, 11) is 3.22. The molecule has 0 fully saturated rings. The second-order valence-corrected chi connectivity index (χ2v) is 8.90. The van der Waals surface area contributed by atoms with Crippen LogP contribution in [0.3, 0.4) is 0 Å². The fourth-order valence-corrected chi connectivity index (χ4v) is 4.90. The molecular weight excluding hydrogens is 472 g/mol. The number of nitrogens with zero attached hydrogens (tertiary/aromatic N) is 3. The molecule has 0 bridgehead atoms. The Kier molecular flexibility index (Phi) is 6.08. The summed E-state index contributed by atoms with van der Waals surface area (Å²) < 4.78 is 22.3. The van der Waals surface area contributed by atoms with Crippen molar-refractivity contribution in [1.29, 1.82) is 0 Å². The molecule has 3 aromatic heterocycles. The van der Waals surface area contributed by atoms with E-state index < -0.39 is 0 Å². The average Bonchev–Trinajstić information content (AvgIpc) is 3.63. The van der Waals surface area contributed by atoms with Crippen LogP contribution in [0.25, 0.3) is 16.3 Å². The number of hydrogen-bond acceptors (Lipinski definition) is 8. The number of aromatic nitrogens is 2. The highest BCUT2D eigenvalue weighted by molar-refractivity contribution is 7.80. The summed E-state index contributed by atoms with van der Waals surface area (Å²) in [5.41, 5.74) is 2.63. The van der Waals surface area contributed by atoms with Crippen LogP contribution in [0.4, 0.5) is 0 Å². The van der Waals surface area contributed by atoms with Gasteiger partial charge < -0.3 is 28.6 Å². The number of rotatable bonds is 7. The van der Waals surface area contributed by atoms with Gasteiger partial charge in [0.1, 0.15) is 5.76 Å². The molecule has 10 heteroatoms. The molecule has 0 saturated carbocycles. The van der Waals surface area contributed by atoms with Gasteiger partial charge in [0.25, 0.3) is 5.89 Å². The minimum atomic E-state index is -0.336. The maximum Gasteiger partial charge on any atom is 0.258 e. The molecule has 1 N–H and O–H groups in total. The van der Waals surface area contributed by atoms with Gasteiger partial charge in [-0.2, -0.15) is 4.98 Å². The van der Waals surface area contributed by atoms with Gasteiger partial charge in [0.2, 0.25) is 5.82 Å². The maximum absolute atomic E-state index is 5.77. The number of benzene rings is 1. The van der Waals surface area contributed by atoms with Crippen LogP contribution in [-0.4, -0.2) is 34.4 Å². The fourth-order valence-electron chi connectivity index (χ4n) is 3.93. The Balaban J connectivity index is 1.62. The molecule has 174 valence electrons. The van der Waals surface area contributed by atoms with Crippen LogP contribution in [-0.2, 0) is 6.54 Å². The summed E-state index contributed by atoms with van der Waals surface area (Å²) in [6, 6.07) is 13.1. The Morgan fingerprint density at radius 2 is 2.00 bits per heavy atom. The number of ether oxygens (including phenoxy) is 2. The molecule has 0 radical (unpaired) electrons. The summed E-state index contributed by atoms with van der Waals surface area (Å²) in [6.07, 6.45) is 1.65. The van der Waals surface area contributed by atoms with Gasteiger partial charge in [-0.05, 0) is 60.4 Å². The molecule has 4 aromatic rings. The van der Waals surface area contributed by atoms with Gasteiger partial charge in [0, 0.05) is 5.70 Å². The minimum Gasteiger partial charge on any atom is -0.493 e. The van der Waals surface area contributed by atoms with E-state index in [1.165, 1.54) is 0 Å². The van der Waals surface area contributed by atoms with Crippen molar-refractivity contribution in [3.63, 3.8) is 0 Å². The molecule has 1 atom stereocenters. The normalized spacial score (nSPS) is 16.0. The van der Waals surface area contributed by atoms with Gasteiger partial charge in [-0.3, -0.25) is 0 Å². The van der Waals surface area contributed by atoms with Crippen LogP contribution in [0.1, 0.15) is 30.2 Å². The molecule has 8 nitrogen and oxygen atoms in total. The molecule has 0 spiro atoms. The molecule has 1 aliphatic heterocycles. The summed E-state index contributed by atoms with van der Waals surface area (Å²) in [4.78, 5) is 7.62. The fraction of sp³-hybridized carbons (Fsp3) is 0.208. The number of furan rings is 1. The monoisotopic (exact) mass is 494 g/mol. The number of nitrogens with one attached hydrogen (secondary N) is 1. The standard InChI is InChI=1S/C24H22N4O4S2/c1-14-20(23-26-22(27-32-23)19-7-5-11-34-19)21(15-8-9-17(29-2)18(12-15)30-3)25-24(33)28(14)13-16-6-4-10-31-16/h4-12,21H,13H2,1-3H3,(H,25,33). The summed E-state index contributed by atoms with van der Waals surface area (Å²) in [6.45, 7) is 2.47. The van der Waals surface area contributed by atoms with E-state index in [-0.39, 0.29) is 6.04 Å². The van der Waals surface area contributed by atoms with Crippen LogP contribution >= 0.6 is 23.6 Å². The molecule has 5 rings (SSSR count). The van der Waals surface area contributed by atoms with Crippen molar-refractivity contribution in [3.8, 4) is 22.2 Å². The number of thiophene rings is 1. The highest BCUT2D eigenvalue weighted by atomic mass is 32.1. The zero-order valence-electron chi connectivity index (χ0n) is 18.8. The number of thiocarbonyl (C=S) groups is 1. The van der Waals surface area contributed by atoms with Crippen LogP contribution in [0.2, 0.25) is 0 Å².